The van der Waals surface area contributed by atoms with E-state index in [1.54, 1.807) is 0 Å². The van der Waals surface area contributed by atoms with Crippen LogP contribution in [0.1, 0.15) is 45.4 Å². The molecule has 2 N–H and O–H groups in total. The van der Waals surface area contributed by atoms with Crippen molar-refractivity contribution in [3.63, 3.8) is 0 Å². The van der Waals surface area contributed by atoms with E-state index in [2.05, 4.69) is 22.5 Å². The van der Waals surface area contributed by atoms with Crippen molar-refractivity contribution in [2.75, 3.05) is 33.2 Å². The number of nitrogens with zero attached hydrogens (tertiary/aromatic N) is 1. The molecule has 5 atom stereocenters. The van der Waals surface area contributed by atoms with Gasteiger partial charge in [0.05, 0.1) is 6.54 Å². The zero-order valence-corrected chi connectivity index (χ0v) is 15.5. The zero-order chi connectivity index (χ0) is 15.5. The number of carbonyl (C=O) groups excluding carboxylic acids is 1. The van der Waals surface area contributed by atoms with E-state index in [1.807, 2.05) is 7.05 Å². The molecule has 3 fully saturated rings. The van der Waals surface area contributed by atoms with Crippen LogP contribution in [0.4, 0.5) is 0 Å². The molecule has 0 aromatic heterocycles. The fourth-order valence-corrected chi connectivity index (χ4v) is 5.27. The van der Waals surface area contributed by atoms with Gasteiger partial charge in [-0.1, -0.05) is 6.42 Å². The molecule has 1 amide bonds. The first-order valence-electron chi connectivity index (χ1n) is 9.32. The molecule has 2 aliphatic carbocycles. The van der Waals surface area contributed by atoms with Crippen molar-refractivity contribution in [1.82, 2.24) is 15.5 Å². The lowest BCUT2D eigenvalue weighted by Gasteiger charge is -2.33. The molecule has 3 rings (SSSR count). The fraction of sp³-hybridized carbons (Fsp3) is 0.944. The first-order valence-corrected chi connectivity index (χ1v) is 9.32. The lowest BCUT2D eigenvalue weighted by atomic mass is 9.84. The SMILES string of the molecule is CNCC1CCCN(CC(=O)NC(C)C2CC3CCC2C3)C1.Cl. The normalized spacial score (nSPS) is 34.9. The first kappa shape index (κ1) is 19.0. The van der Waals surface area contributed by atoms with E-state index in [4.69, 9.17) is 0 Å². The number of nitrogens with one attached hydrogen (secondary N) is 2. The minimum absolute atomic E-state index is 0. The largest absolute Gasteiger partial charge is 0.352 e. The zero-order valence-electron chi connectivity index (χ0n) is 14.7. The summed E-state index contributed by atoms with van der Waals surface area (Å²) < 4.78 is 0. The third kappa shape index (κ3) is 4.83. The molecule has 2 saturated carbocycles. The summed E-state index contributed by atoms with van der Waals surface area (Å²) in [5.41, 5.74) is 0. The molecule has 1 heterocycles. The van der Waals surface area contributed by atoms with E-state index in [1.165, 1.54) is 38.5 Å². The standard InChI is InChI=1S/C18H33N3O.ClH/c1-13(17-9-14-5-6-16(17)8-14)20-18(22)12-21-7-3-4-15(11-21)10-19-2;/h13-17,19H,3-12H2,1-2H3,(H,20,22);1H. The Morgan fingerprint density at radius 2 is 2.09 bits per heavy atom. The second kappa shape index (κ2) is 8.68. The predicted molar refractivity (Wildman–Crippen MR) is 96.9 cm³/mol. The van der Waals surface area contributed by atoms with Crippen LogP contribution in [0.3, 0.4) is 0 Å². The number of piperidine rings is 1. The highest BCUT2D eigenvalue weighted by atomic mass is 35.5. The maximum atomic E-state index is 12.4. The quantitative estimate of drug-likeness (QED) is 0.777. The number of likely N-dealkylation sites (tertiary alicyclic amines) is 1. The van der Waals surface area contributed by atoms with Crippen molar-refractivity contribution >= 4 is 18.3 Å². The van der Waals surface area contributed by atoms with E-state index in [9.17, 15) is 4.79 Å². The Balaban J connectivity index is 0.00000192. The van der Waals surface area contributed by atoms with Crippen LogP contribution in [0.2, 0.25) is 0 Å². The van der Waals surface area contributed by atoms with Crippen LogP contribution >= 0.6 is 12.4 Å². The van der Waals surface area contributed by atoms with E-state index in [-0.39, 0.29) is 18.3 Å². The maximum Gasteiger partial charge on any atom is 0.234 e. The van der Waals surface area contributed by atoms with E-state index >= 15 is 0 Å². The molecular formula is C18H34ClN3O. The topological polar surface area (TPSA) is 44.4 Å². The number of fused-ring (bicyclic) bond motifs is 2. The molecule has 0 spiro atoms. The van der Waals surface area contributed by atoms with Gasteiger partial charge in [-0.3, -0.25) is 9.69 Å². The monoisotopic (exact) mass is 343 g/mol. The molecule has 0 aromatic rings. The van der Waals surface area contributed by atoms with Crippen molar-refractivity contribution < 1.29 is 4.79 Å². The van der Waals surface area contributed by atoms with Gasteiger partial charge >= 0.3 is 0 Å². The minimum atomic E-state index is 0. The Kier molecular flexibility index (Phi) is 7.18. The maximum absolute atomic E-state index is 12.4. The Morgan fingerprint density at radius 1 is 1.26 bits per heavy atom. The second-order valence-corrected chi connectivity index (χ2v) is 8.00. The van der Waals surface area contributed by atoms with Gasteiger partial charge in [0.25, 0.3) is 0 Å². The Bertz CT molecular complexity index is 390. The minimum Gasteiger partial charge on any atom is -0.352 e. The first-order chi connectivity index (χ1) is 10.7. The number of carbonyl (C=O) groups is 1. The van der Waals surface area contributed by atoms with Gasteiger partial charge < -0.3 is 10.6 Å². The fourth-order valence-electron chi connectivity index (χ4n) is 5.27. The lowest BCUT2D eigenvalue weighted by Crippen LogP contribution is -2.47. The Labute approximate surface area is 147 Å². The second-order valence-electron chi connectivity index (χ2n) is 8.00. The molecular weight excluding hydrogens is 310 g/mol. The average molecular weight is 344 g/mol. The van der Waals surface area contributed by atoms with Gasteiger partial charge in [0, 0.05) is 12.6 Å². The van der Waals surface area contributed by atoms with Gasteiger partial charge in [0.2, 0.25) is 5.91 Å². The summed E-state index contributed by atoms with van der Waals surface area (Å²) in [6.45, 7) is 6.03. The summed E-state index contributed by atoms with van der Waals surface area (Å²) in [5.74, 6) is 3.52. The summed E-state index contributed by atoms with van der Waals surface area (Å²) in [5, 5.41) is 6.57. The van der Waals surface area contributed by atoms with Gasteiger partial charge in [-0.05, 0) is 82.8 Å². The number of hydrogen-bond donors (Lipinski definition) is 2. The molecule has 134 valence electrons. The smallest absolute Gasteiger partial charge is 0.234 e. The third-order valence-corrected chi connectivity index (χ3v) is 6.29. The van der Waals surface area contributed by atoms with Crippen molar-refractivity contribution in [2.45, 2.75) is 51.5 Å². The van der Waals surface area contributed by atoms with Crippen LogP contribution in [0.5, 0.6) is 0 Å². The molecule has 0 radical (unpaired) electrons. The van der Waals surface area contributed by atoms with Gasteiger partial charge in [-0.15, -0.1) is 12.4 Å². The van der Waals surface area contributed by atoms with Gasteiger partial charge in [0.15, 0.2) is 0 Å². The number of amides is 1. The summed E-state index contributed by atoms with van der Waals surface area (Å²) in [4.78, 5) is 14.7. The van der Waals surface area contributed by atoms with E-state index < -0.39 is 0 Å². The van der Waals surface area contributed by atoms with Crippen LogP contribution in [0.15, 0.2) is 0 Å². The molecule has 1 saturated heterocycles. The Hall–Kier alpha value is -0.320. The van der Waals surface area contributed by atoms with Crippen LogP contribution < -0.4 is 10.6 Å². The van der Waals surface area contributed by atoms with Crippen molar-refractivity contribution in [2.24, 2.45) is 23.7 Å². The predicted octanol–water partition coefficient (Wildman–Crippen LogP) is 2.28. The number of hydrogen-bond acceptors (Lipinski definition) is 3. The summed E-state index contributed by atoms with van der Waals surface area (Å²) in [6, 6.07) is 0.362. The van der Waals surface area contributed by atoms with Crippen LogP contribution in [-0.2, 0) is 4.79 Å². The number of rotatable bonds is 6. The third-order valence-electron chi connectivity index (χ3n) is 6.29. The molecule has 3 aliphatic rings. The molecule has 23 heavy (non-hydrogen) atoms. The van der Waals surface area contributed by atoms with Gasteiger partial charge in [0.1, 0.15) is 0 Å². The van der Waals surface area contributed by atoms with E-state index in [0.29, 0.717) is 18.5 Å². The van der Waals surface area contributed by atoms with Gasteiger partial charge in [-0.25, -0.2) is 0 Å². The Morgan fingerprint density at radius 3 is 2.74 bits per heavy atom. The lowest BCUT2D eigenvalue weighted by molar-refractivity contribution is -0.123. The van der Waals surface area contributed by atoms with Gasteiger partial charge in [-0.2, -0.15) is 0 Å². The molecule has 0 aromatic carbocycles. The van der Waals surface area contributed by atoms with Crippen molar-refractivity contribution in [3.05, 3.63) is 0 Å². The van der Waals surface area contributed by atoms with Crippen LogP contribution in [-0.4, -0.2) is 50.1 Å². The summed E-state index contributed by atoms with van der Waals surface area (Å²) in [6.07, 6.45) is 8.11. The highest BCUT2D eigenvalue weighted by molar-refractivity contribution is 5.85. The molecule has 5 heteroatoms. The summed E-state index contributed by atoms with van der Waals surface area (Å²) in [7, 11) is 2.02. The molecule has 5 unspecified atom stereocenters. The van der Waals surface area contributed by atoms with E-state index in [0.717, 1.165) is 37.4 Å². The molecule has 1 aliphatic heterocycles. The number of halogens is 1. The summed E-state index contributed by atoms with van der Waals surface area (Å²) >= 11 is 0. The van der Waals surface area contributed by atoms with Crippen molar-refractivity contribution in [1.29, 1.82) is 0 Å². The van der Waals surface area contributed by atoms with Crippen molar-refractivity contribution in [3.8, 4) is 0 Å². The average Bonchev–Trinajstić information content (AvgIpc) is 3.10. The van der Waals surface area contributed by atoms with Crippen LogP contribution in [0.25, 0.3) is 0 Å². The van der Waals surface area contributed by atoms with Crippen LogP contribution in [0, 0.1) is 23.7 Å². The molecule has 4 nitrogen and oxygen atoms in total. The highest BCUT2D eigenvalue weighted by Gasteiger charge is 2.42. The highest BCUT2D eigenvalue weighted by Crippen LogP contribution is 2.49. The molecule has 2 bridgehead atoms.